The normalized spacial score (nSPS) is 16.4. The molecule has 27 heavy (non-hydrogen) atoms. The molecule has 3 rings (SSSR count). The lowest BCUT2D eigenvalue weighted by Gasteiger charge is -2.24. The Kier molecular flexibility index (Phi) is 5.71. The van der Waals surface area contributed by atoms with Gasteiger partial charge in [-0.15, -0.1) is 0 Å². The van der Waals surface area contributed by atoms with Crippen LogP contribution in [0.2, 0.25) is 0 Å². The number of piperidine rings is 1. The van der Waals surface area contributed by atoms with Gasteiger partial charge in [0.05, 0.1) is 14.7 Å². The maximum atomic E-state index is 13.0. The van der Waals surface area contributed by atoms with Gasteiger partial charge in [0.1, 0.15) is 0 Å². The molecular formula is C19H24N2O4S2. The quantitative estimate of drug-likeness (QED) is 0.787. The maximum absolute atomic E-state index is 13.0. The highest BCUT2D eigenvalue weighted by atomic mass is 32.2. The number of hydrogen-bond acceptors (Lipinski definition) is 5. The molecule has 0 bridgehead atoms. The monoisotopic (exact) mass is 408 g/mol. The third-order valence-corrected chi connectivity index (χ3v) is 7.88. The number of nitrogens with one attached hydrogen (secondary N) is 1. The predicted octanol–water partition coefficient (Wildman–Crippen LogP) is 2.02. The largest absolute Gasteiger partial charge is 0.317 e. The van der Waals surface area contributed by atoms with Crippen molar-refractivity contribution in [3.63, 3.8) is 0 Å². The Bertz CT molecular complexity index is 1030. The molecule has 1 aliphatic heterocycles. The van der Waals surface area contributed by atoms with Gasteiger partial charge in [0, 0.05) is 0 Å². The molecule has 0 radical (unpaired) electrons. The van der Waals surface area contributed by atoms with Crippen LogP contribution in [-0.4, -0.2) is 29.9 Å². The molecule has 2 aromatic carbocycles. The van der Waals surface area contributed by atoms with Crippen LogP contribution < -0.4 is 10.5 Å². The average Bonchev–Trinajstić information content (AvgIpc) is 2.62. The van der Waals surface area contributed by atoms with E-state index in [1.54, 1.807) is 31.2 Å². The van der Waals surface area contributed by atoms with Gasteiger partial charge in [0.25, 0.3) is 0 Å². The number of sulfone groups is 1. The molecule has 0 aliphatic carbocycles. The summed E-state index contributed by atoms with van der Waals surface area (Å²) in [5.74, 6) is 0.350. The number of sulfonamides is 1. The van der Waals surface area contributed by atoms with Gasteiger partial charge in [-0.25, -0.2) is 22.0 Å². The molecule has 1 saturated heterocycles. The molecule has 1 heterocycles. The minimum absolute atomic E-state index is 0.0215. The van der Waals surface area contributed by atoms with Crippen molar-refractivity contribution in [1.29, 1.82) is 0 Å². The van der Waals surface area contributed by atoms with Crippen molar-refractivity contribution >= 4 is 19.9 Å². The number of aryl methyl sites for hydroxylation is 1. The lowest BCUT2D eigenvalue weighted by molar-refractivity contribution is 0.371. The Labute approximate surface area is 160 Å². The highest BCUT2D eigenvalue weighted by Gasteiger charge is 2.26. The highest BCUT2D eigenvalue weighted by Crippen LogP contribution is 2.30. The van der Waals surface area contributed by atoms with Crippen molar-refractivity contribution in [3.05, 3.63) is 53.6 Å². The van der Waals surface area contributed by atoms with Crippen LogP contribution in [0, 0.1) is 12.8 Å². The van der Waals surface area contributed by atoms with Crippen molar-refractivity contribution < 1.29 is 16.8 Å². The van der Waals surface area contributed by atoms with Crippen LogP contribution in [0.3, 0.4) is 0 Å². The highest BCUT2D eigenvalue weighted by molar-refractivity contribution is 7.91. The SMILES string of the molecule is Cc1cc(CC2CCNCC2)c(S(N)(=O)=O)cc1S(=O)(=O)c1ccccc1. The Balaban J connectivity index is 2.10. The summed E-state index contributed by atoms with van der Waals surface area (Å²) in [6, 6.07) is 10.9. The second-order valence-electron chi connectivity index (χ2n) is 6.98. The van der Waals surface area contributed by atoms with E-state index in [9.17, 15) is 16.8 Å². The Morgan fingerprint density at radius 3 is 2.22 bits per heavy atom. The Morgan fingerprint density at radius 1 is 1.00 bits per heavy atom. The summed E-state index contributed by atoms with van der Waals surface area (Å²) in [7, 11) is -7.88. The van der Waals surface area contributed by atoms with Gasteiger partial charge in [-0.3, -0.25) is 0 Å². The van der Waals surface area contributed by atoms with Gasteiger partial charge in [-0.2, -0.15) is 0 Å². The van der Waals surface area contributed by atoms with Gasteiger partial charge in [-0.1, -0.05) is 24.3 Å². The number of nitrogens with two attached hydrogens (primary N) is 1. The summed E-state index contributed by atoms with van der Waals surface area (Å²) in [6.07, 6.45) is 2.47. The molecule has 146 valence electrons. The van der Waals surface area contributed by atoms with Crippen LogP contribution in [0.15, 0.2) is 57.2 Å². The molecule has 1 fully saturated rings. The maximum Gasteiger partial charge on any atom is 0.238 e. The molecular weight excluding hydrogens is 384 g/mol. The number of hydrogen-bond donors (Lipinski definition) is 2. The molecule has 0 spiro atoms. The molecule has 0 amide bonds. The van der Waals surface area contributed by atoms with Gasteiger partial charge in [0.2, 0.25) is 19.9 Å². The van der Waals surface area contributed by atoms with E-state index in [0.717, 1.165) is 25.9 Å². The molecule has 0 unspecified atom stereocenters. The van der Waals surface area contributed by atoms with Gasteiger partial charge in [0.15, 0.2) is 0 Å². The first-order valence-corrected chi connectivity index (χ1v) is 11.9. The second kappa shape index (κ2) is 7.71. The first kappa shape index (κ1) is 20.0. The second-order valence-corrected chi connectivity index (χ2v) is 10.4. The van der Waals surface area contributed by atoms with E-state index in [1.165, 1.54) is 18.2 Å². The van der Waals surface area contributed by atoms with Crippen LogP contribution in [0.1, 0.15) is 24.0 Å². The molecule has 6 nitrogen and oxygen atoms in total. The van der Waals surface area contributed by atoms with Crippen molar-refractivity contribution in [2.45, 2.75) is 40.9 Å². The van der Waals surface area contributed by atoms with Crippen molar-refractivity contribution in [2.75, 3.05) is 13.1 Å². The Hall–Kier alpha value is -1.74. The topological polar surface area (TPSA) is 106 Å². The van der Waals surface area contributed by atoms with Gasteiger partial charge in [-0.05, 0) is 74.5 Å². The van der Waals surface area contributed by atoms with E-state index in [0.29, 0.717) is 23.5 Å². The minimum Gasteiger partial charge on any atom is -0.317 e. The fourth-order valence-electron chi connectivity index (χ4n) is 3.57. The van der Waals surface area contributed by atoms with Crippen LogP contribution >= 0.6 is 0 Å². The van der Waals surface area contributed by atoms with E-state index in [2.05, 4.69) is 5.32 Å². The zero-order chi connectivity index (χ0) is 19.7. The van der Waals surface area contributed by atoms with E-state index < -0.39 is 19.9 Å². The van der Waals surface area contributed by atoms with Crippen molar-refractivity contribution in [2.24, 2.45) is 11.1 Å². The van der Waals surface area contributed by atoms with E-state index in [4.69, 9.17) is 5.14 Å². The van der Waals surface area contributed by atoms with Crippen molar-refractivity contribution in [1.82, 2.24) is 5.32 Å². The summed E-state index contributed by atoms with van der Waals surface area (Å²) in [5, 5.41) is 8.71. The summed E-state index contributed by atoms with van der Waals surface area (Å²) >= 11 is 0. The summed E-state index contributed by atoms with van der Waals surface area (Å²) < 4.78 is 50.4. The minimum atomic E-state index is -4.05. The van der Waals surface area contributed by atoms with Crippen LogP contribution in [-0.2, 0) is 26.3 Å². The lowest BCUT2D eigenvalue weighted by atomic mass is 9.90. The van der Waals surface area contributed by atoms with Gasteiger partial charge >= 0.3 is 0 Å². The molecule has 0 saturated carbocycles. The first-order chi connectivity index (χ1) is 12.7. The van der Waals surface area contributed by atoms with E-state index in [1.807, 2.05) is 0 Å². The zero-order valence-corrected chi connectivity index (χ0v) is 16.8. The fourth-order valence-corrected chi connectivity index (χ4v) is 5.96. The fraction of sp³-hybridized carbons (Fsp3) is 0.368. The van der Waals surface area contributed by atoms with Gasteiger partial charge < -0.3 is 5.32 Å². The first-order valence-electron chi connectivity index (χ1n) is 8.87. The van der Waals surface area contributed by atoms with Crippen LogP contribution in [0.25, 0.3) is 0 Å². The summed E-state index contributed by atoms with van der Waals surface area (Å²) in [5.41, 5.74) is 1.11. The number of primary sulfonamides is 1. The summed E-state index contributed by atoms with van der Waals surface area (Å²) in [6.45, 7) is 3.48. The van der Waals surface area contributed by atoms with Crippen LogP contribution in [0.5, 0.6) is 0 Å². The molecule has 3 N–H and O–H groups in total. The standard InChI is InChI=1S/C19H24N2O4S2/c1-14-11-16(12-15-7-9-21-10-8-15)19(27(20,24)25)13-18(14)26(22,23)17-5-3-2-4-6-17/h2-6,11,13,15,21H,7-10,12H2,1H3,(H2,20,24,25). The molecule has 1 aliphatic rings. The zero-order valence-electron chi connectivity index (χ0n) is 15.2. The smallest absolute Gasteiger partial charge is 0.238 e. The molecule has 0 aromatic heterocycles. The third-order valence-electron chi connectivity index (χ3n) is 4.97. The molecule has 8 heteroatoms. The number of benzene rings is 2. The number of rotatable bonds is 5. The Morgan fingerprint density at radius 2 is 1.63 bits per heavy atom. The lowest BCUT2D eigenvalue weighted by Crippen LogP contribution is -2.29. The summed E-state index contributed by atoms with van der Waals surface area (Å²) in [4.78, 5) is 0.00694. The van der Waals surface area contributed by atoms with E-state index >= 15 is 0 Å². The van der Waals surface area contributed by atoms with Crippen molar-refractivity contribution in [3.8, 4) is 0 Å². The average molecular weight is 409 g/mol. The van der Waals surface area contributed by atoms with E-state index in [-0.39, 0.29) is 14.7 Å². The molecule has 2 aromatic rings. The van der Waals surface area contributed by atoms with Crippen LogP contribution in [0.4, 0.5) is 0 Å². The third kappa shape index (κ3) is 4.40. The molecule has 0 atom stereocenters. The predicted molar refractivity (Wildman–Crippen MR) is 104 cm³/mol.